The molecule has 1 atom stereocenters. The zero-order valence-electron chi connectivity index (χ0n) is 9.28. The van der Waals surface area contributed by atoms with Gasteiger partial charge in [-0.1, -0.05) is 6.92 Å². The van der Waals surface area contributed by atoms with E-state index >= 15 is 0 Å². The third-order valence-electron chi connectivity index (χ3n) is 2.03. The van der Waals surface area contributed by atoms with Gasteiger partial charge < -0.3 is 10.4 Å². The van der Waals surface area contributed by atoms with Gasteiger partial charge in [-0.15, -0.1) is 0 Å². The summed E-state index contributed by atoms with van der Waals surface area (Å²) in [5, 5.41) is 11.3. The summed E-state index contributed by atoms with van der Waals surface area (Å²) >= 11 is 1.64. The molecule has 1 unspecified atom stereocenters. The predicted molar refractivity (Wildman–Crippen MR) is 62.0 cm³/mol. The SMILES string of the molecule is CSCCC(=O)NCC(C)CCC(=O)O. The lowest BCUT2D eigenvalue weighted by atomic mass is 10.1. The topological polar surface area (TPSA) is 66.4 Å². The van der Waals surface area contributed by atoms with Crippen LogP contribution in [0.1, 0.15) is 26.2 Å². The Hall–Kier alpha value is -0.710. The van der Waals surface area contributed by atoms with Crippen molar-refractivity contribution in [3.05, 3.63) is 0 Å². The van der Waals surface area contributed by atoms with E-state index in [1.807, 2.05) is 13.2 Å². The van der Waals surface area contributed by atoms with Gasteiger partial charge in [-0.25, -0.2) is 0 Å². The second kappa shape index (κ2) is 8.59. The fourth-order valence-corrected chi connectivity index (χ4v) is 1.43. The van der Waals surface area contributed by atoms with Crippen LogP contribution in [0.3, 0.4) is 0 Å². The van der Waals surface area contributed by atoms with E-state index in [4.69, 9.17) is 5.11 Å². The van der Waals surface area contributed by atoms with Gasteiger partial charge in [-0.2, -0.15) is 11.8 Å². The summed E-state index contributed by atoms with van der Waals surface area (Å²) < 4.78 is 0. The third-order valence-corrected chi connectivity index (χ3v) is 2.64. The van der Waals surface area contributed by atoms with Crippen molar-refractivity contribution < 1.29 is 14.7 Å². The molecule has 0 aromatic carbocycles. The van der Waals surface area contributed by atoms with Crippen LogP contribution < -0.4 is 5.32 Å². The van der Waals surface area contributed by atoms with Gasteiger partial charge in [0.05, 0.1) is 0 Å². The molecule has 0 radical (unpaired) electrons. The minimum absolute atomic E-state index is 0.0477. The molecule has 4 nitrogen and oxygen atoms in total. The number of carbonyl (C=O) groups excluding carboxylic acids is 1. The number of thioether (sulfide) groups is 1. The Morgan fingerprint density at radius 3 is 2.60 bits per heavy atom. The van der Waals surface area contributed by atoms with E-state index in [9.17, 15) is 9.59 Å². The Morgan fingerprint density at radius 2 is 2.07 bits per heavy atom. The normalized spacial score (nSPS) is 12.1. The van der Waals surface area contributed by atoms with Gasteiger partial charge in [0.1, 0.15) is 0 Å². The van der Waals surface area contributed by atoms with Crippen molar-refractivity contribution in [3.8, 4) is 0 Å². The molecule has 2 N–H and O–H groups in total. The number of aliphatic carboxylic acids is 1. The van der Waals surface area contributed by atoms with Crippen LogP contribution in [-0.4, -0.2) is 35.5 Å². The Morgan fingerprint density at radius 1 is 1.40 bits per heavy atom. The van der Waals surface area contributed by atoms with Crippen molar-refractivity contribution in [2.45, 2.75) is 26.2 Å². The van der Waals surface area contributed by atoms with Gasteiger partial charge >= 0.3 is 5.97 Å². The molecule has 0 heterocycles. The number of amides is 1. The molecule has 0 aromatic heterocycles. The van der Waals surface area contributed by atoms with Crippen LogP contribution in [-0.2, 0) is 9.59 Å². The van der Waals surface area contributed by atoms with Crippen LogP contribution in [0.5, 0.6) is 0 Å². The van der Waals surface area contributed by atoms with E-state index in [2.05, 4.69) is 5.32 Å². The first-order valence-electron chi connectivity index (χ1n) is 5.03. The summed E-state index contributed by atoms with van der Waals surface area (Å²) in [6.45, 7) is 2.51. The summed E-state index contributed by atoms with van der Waals surface area (Å²) in [5.74, 6) is 0.316. The molecule has 0 saturated heterocycles. The van der Waals surface area contributed by atoms with E-state index in [0.29, 0.717) is 19.4 Å². The van der Waals surface area contributed by atoms with Crippen LogP contribution >= 0.6 is 11.8 Å². The van der Waals surface area contributed by atoms with Crippen molar-refractivity contribution in [3.63, 3.8) is 0 Å². The molecule has 0 aliphatic carbocycles. The highest BCUT2D eigenvalue weighted by atomic mass is 32.2. The molecule has 1 amide bonds. The third kappa shape index (κ3) is 9.59. The largest absolute Gasteiger partial charge is 0.481 e. The molecule has 0 rings (SSSR count). The lowest BCUT2D eigenvalue weighted by Gasteiger charge is -2.11. The maximum atomic E-state index is 11.2. The summed E-state index contributed by atoms with van der Waals surface area (Å²) in [5.41, 5.74) is 0. The Labute approximate surface area is 94.8 Å². The number of carbonyl (C=O) groups is 2. The summed E-state index contributed by atoms with van der Waals surface area (Å²) in [6.07, 6.45) is 3.27. The van der Waals surface area contributed by atoms with E-state index in [0.717, 1.165) is 5.75 Å². The minimum Gasteiger partial charge on any atom is -0.481 e. The quantitative estimate of drug-likeness (QED) is 0.664. The van der Waals surface area contributed by atoms with Gasteiger partial charge in [0, 0.05) is 25.1 Å². The van der Waals surface area contributed by atoms with Gasteiger partial charge in [-0.05, 0) is 18.6 Å². The summed E-state index contributed by atoms with van der Waals surface area (Å²) in [7, 11) is 0. The van der Waals surface area contributed by atoms with Crippen molar-refractivity contribution in [1.82, 2.24) is 5.32 Å². The maximum Gasteiger partial charge on any atom is 0.303 e. The van der Waals surface area contributed by atoms with E-state index in [-0.39, 0.29) is 18.2 Å². The first kappa shape index (κ1) is 14.3. The zero-order valence-corrected chi connectivity index (χ0v) is 10.1. The first-order valence-corrected chi connectivity index (χ1v) is 6.43. The molecule has 0 aliphatic heterocycles. The Balaban J connectivity index is 3.48. The van der Waals surface area contributed by atoms with Crippen molar-refractivity contribution in [2.24, 2.45) is 5.92 Å². The van der Waals surface area contributed by atoms with Crippen LogP contribution in [0.15, 0.2) is 0 Å². The molecule has 15 heavy (non-hydrogen) atoms. The van der Waals surface area contributed by atoms with Gasteiger partial charge in [0.25, 0.3) is 0 Å². The second-order valence-electron chi connectivity index (χ2n) is 3.58. The molecule has 88 valence electrons. The number of carboxylic acids is 1. The van der Waals surface area contributed by atoms with Crippen LogP contribution in [0.25, 0.3) is 0 Å². The number of carboxylic acid groups (broad SMARTS) is 1. The smallest absolute Gasteiger partial charge is 0.303 e. The van der Waals surface area contributed by atoms with E-state index in [1.165, 1.54) is 0 Å². The molecule has 0 aromatic rings. The number of rotatable bonds is 8. The highest BCUT2D eigenvalue weighted by Gasteiger charge is 2.07. The molecule has 0 bridgehead atoms. The van der Waals surface area contributed by atoms with Crippen LogP contribution in [0, 0.1) is 5.92 Å². The fraction of sp³-hybridized carbons (Fsp3) is 0.800. The van der Waals surface area contributed by atoms with Crippen LogP contribution in [0.2, 0.25) is 0 Å². The van der Waals surface area contributed by atoms with Crippen molar-refractivity contribution in [1.29, 1.82) is 0 Å². The highest BCUT2D eigenvalue weighted by Crippen LogP contribution is 2.04. The molecule has 0 spiro atoms. The molecular weight excluding hydrogens is 214 g/mol. The Kier molecular flexibility index (Phi) is 8.18. The lowest BCUT2D eigenvalue weighted by molar-refractivity contribution is -0.137. The second-order valence-corrected chi connectivity index (χ2v) is 4.57. The monoisotopic (exact) mass is 233 g/mol. The molecule has 0 aliphatic rings. The summed E-state index contributed by atoms with van der Waals surface area (Å²) in [4.78, 5) is 21.5. The average molecular weight is 233 g/mol. The summed E-state index contributed by atoms with van der Waals surface area (Å²) in [6, 6.07) is 0. The standard InChI is InChI=1S/C10H19NO3S/c1-8(3-4-10(13)14)7-11-9(12)5-6-15-2/h8H,3-7H2,1-2H3,(H,11,12)(H,13,14). The van der Waals surface area contributed by atoms with Crippen LogP contribution in [0.4, 0.5) is 0 Å². The Bertz CT molecular complexity index is 209. The molecule has 0 fully saturated rings. The molecule has 5 heteroatoms. The minimum atomic E-state index is -0.782. The number of hydrogen-bond donors (Lipinski definition) is 2. The molecule has 0 saturated carbocycles. The van der Waals surface area contributed by atoms with E-state index in [1.54, 1.807) is 11.8 Å². The van der Waals surface area contributed by atoms with E-state index < -0.39 is 5.97 Å². The van der Waals surface area contributed by atoms with Gasteiger partial charge in [0.2, 0.25) is 5.91 Å². The number of nitrogens with one attached hydrogen (secondary N) is 1. The van der Waals surface area contributed by atoms with Crippen molar-refractivity contribution >= 4 is 23.6 Å². The lowest BCUT2D eigenvalue weighted by Crippen LogP contribution is -2.28. The predicted octanol–water partition coefficient (Wildman–Crippen LogP) is 1.36. The highest BCUT2D eigenvalue weighted by molar-refractivity contribution is 7.98. The van der Waals surface area contributed by atoms with Crippen molar-refractivity contribution in [2.75, 3.05) is 18.6 Å². The maximum absolute atomic E-state index is 11.2. The number of hydrogen-bond acceptors (Lipinski definition) is 3. The van der Waals surface area contributed by atoms with Gasteiger partial charge in [0.15, 0.2) is 0 Å². The molecular formula is C10H19NO3S. The fourth-order valence-electron chi connectivity index (χ4n) is 1.04. The zero-order chi connectivity index (χ0) is 11.7. The average Bonchev–Trinajstić information content (AvgIpc) is 2.20. The first-order chi connectivity index (χ1) is 7.06. The van der Waals surface area contributed by atoms with Gasteiger partial charge in [-0.3, -0.25) is 9.59 Å².